The second-order valence-electron chi connectivity index (χ2n) is 4.61. The Morgan fingerprint density at radius 1 is 1.17 bits per heavy atom. The van der Waals surface area contributed by atoms with Gasteiger partial charge in [0.05, 0.1) is 19.3 Å². The zero-order valence-electron chi connectivity index (χ0n) is 12.1. The van der Waals surface area contributed by atoms with Crippen LogP contribution < -0.4 is 10.5 Å². The van der Waals surface area contributed by atoms with E-state index in [-0.39, 0.29) is 12.1 Å². The van der Waals surface area contributed by atoms with Gasteiger partial charge in [0.1, 0.15) is 5.75 Å². The maximum atomic E-state index is 6.33. The Balaban J connectivity index is 3.04. The standard InChI is InChI=1S/C15H25NO2/c1-6-13(18-7-2)15(16)12-8-11(4)14(17-5)9-10(12)3/h8-9,13,15H,6-7,16H2,1-5H3. The van der Waals surface area contributed by atoms with Crippen molar-refractivity contribution in [2.24, 2.45) is 5.73 Å². The van der Waals surface area contributed by atoms with Crippen molar-refractivity contribution in [3.63, 3.8) is 0 Å². The molecule has 102 valence electrons. The summed E-state index contributed by atoms with van der Waals surface area (Å²) in [4.78, 5) is 0. The summed E-state index contributed by atoms with van der Waals surface area (Å²) in [6.45, 7) is 8.90. The summed E-state index contributed by atoms with van der Waals surface area (Å²) < 4.78 is 11.0. The fourth-order valence-corrected chi connectivity index (χ4v) is 2.28. The molecule has 18 heavy (non-hydrogen) atoms. The molecule has 3 heteroatoms. The predicted molar refractivity (Wildman–Crippen MR) is 75.1 cm³/mol. The van der Waals surface area contributed by atoms with E-state index in [0.29, 0.717) is 6.61 Å². The van der Waals surface area contributed by atoms with Gasteiger partial charge in [-0.05, 0) is 49.9 Å². The lowest BCUT2D eigenvalue weighted by atomic mass is 9.94. The van der Waals surface area contributed by atoms with E-state index in [2.05, 4.69) is 19.9 Å². The topological polar surface area (TPSA) is 44.5 Å². The molecule has 1 aromatic carbocycles. The summed E-state index contributed by atoms with van der Waals surface area (Å²) in [7, 11) is 1.69. The minimum Gasteiger partial charge on any atom is -0.496 e. The van der Waals surface area contributed by atoms with Gasteiger partial charge in [-0.3, -0.25) is 0 Å². The lowest BCUT2D eigenvalue weighted by Gasteiger charge is -2.25. The molecule has 0 aliphatic carbocycles. The van der Waals surface area contributed by atoms with Crippen LogP contribution in [0.1, 0.15) is 43.0 Å². The van der Waals surface area contributed by atoms with Crippen LogP contribution in [0.3, 0.4) is 0 Å². The summed E-state index contributed by atoms with van der Waals surface area (Å²) in [6.07, 6.45) is 0.987. The van der Waals surface area contributed by atoms with Crippen LogP contribution in [-0.2, 0) is 4.74 Å². The second-order valence-corrected chi connectivity index (χ2v) is 4.61. The van der Waals surface area contributed by atoms with E-state index >= 15 is 0 Å². The van der Waals surface area contributed by atoms with Gasteiger partial charge in [0, 0.05) is 6.61 Å². The van der Waals surface area contributed by atoms with Crippen molar-refractivity contribution in [3.05, 3.63) is 28.8 Å². The van der Waals surface area contributed by atoms with E-state index in [1.54, 1.807) is 7.11 Å². The number of hydrogen-bond donors (Lipinski definition) is 1. The zero-order chi connectivity index (χ0) is 13.7. The number of aryl methyl sites for hydroxylation is 2. The average molecular weight is 251 g/mol. The average Bonchev–Trinajstić information content (AvgIpc) is 2.37. The van der Waals surface area contributed by atoms with Crippen molar-refractivity contribution >= 4 is 0 Å². The molecule has 0 saturated carbocycles. The summed E-state index contributed by atoms with van der Waals surface area (Å²) in [5.41, 5.74) is 9.74. The fraction of sp³-hybridized carbons (Fsp3) is 0.600. The maximum absolute atomic E-state index is 6.33. The molecule has 2 N–H and O–H groups in total. The van der Waals surface area contributed by atoms with E-state index in [4.69, 9.17) is 15.2 Å². The van der Waals surface area contributed by atoms with Crippen LogP contribution >= 0.6 is 0 Å². The molecule has 1 aromatic rings. The van der Waals surface area contributed by atoms with Gasteiger partial charge in [-0.25, -0.2) is 0 Å². The van der Waals surface area contributed by atoms with Crippen molar-refractivity contribution in [2.45, 2.75) is 46.3 Å². The third-order valence-electron chi connectivity index (χ3n) is 3.33. The summed E-state index contributed by atoms with van der Waals surface area (Å²) >= 11 is 0. The van der Waals surface area contributed by atoms with Crippen LogP contribution in [0.5, 0.6) is 5.75 Å². The molecule has 0 fully saturated rings. The number of nitrogens with two attached hydrogens (primary N) is 1. The largest absolute Gasteiger partial charge is 0.496 e. The molecule has 0 radical (unpaired) electrons. The van der Waals surface area contributed by atoms with Crippen LogP contribution in [0.15, 0.2) is 12.1 Å². The molecule has 0 aliphatic rings. The molecule has 0 spiro atoms. The first-order valence-electron chi connectivity index (χ1n) is 6.57. The number of hydrogen-bond acceptors (Lipinski definition) is 3. The first kappa shape index (κ1) is 15.0. The van der Waals surface area contributed by atoms with E-state index in [1.165, 1.54) is 0 Å². The highest BCUT2D eigenvalue weighted by atomic mass is 16.5. The maximum Gasteiger partial charge on any atom is 0.122 e. The van der Waals surface area contributed by atoms with Gasteiger partial charge in [-0.2, -0.15) is 0 Å². The Kier molecular flexibility index (Phi) is 5.63. The monoisotopic (exact) mass is 251 g/mol. The molecule has 0 heterocycles. The van der Waals surface area contributed by atoms with Gasteiger partial charge in [0.2, 0.25) is 0 Å². The molecule has 3 nitrogen and oxygen atoms in total. The van der Waals surface area contributed by atoms with Crippen molar-refractivity contribution in [1.29, 1.82) is 0 Å². The summed E-state index contributed by atoms with van der Waals surface area (Å²) in [5, 5.41) is 0. The van der Waals surface area contributed by atoms with E-state index < -0.39 is 0 Å². The molecule has 2 unspecified atom stereocenters. The predicted octanol–water partition coefficient (Wildman–Crippen LogP) is 3.13. The molecule has 2 atom stereocenters. The molecule has 0 aromatic heterocycles. The summed E-state index contributed by atoms with van der Waals surface area (Å²) in [6, 6.07) is 4.07. The highest BCUT2D eigenvalue weighted by Gasteiger charge is 2.20. The van der Waals surface area contributed by atoms with E-state index in [0.717, 1.165) is 28.9 Å². The molecular formula is C15H25NO2. The lowest BCUT2D eigenvalue weighted by Crippen LogP contribution is -2.29. The van der Waals surface area contributed by atoms with Crippen LogP contribution in [0.25, 0.3) is 0 Å². The minimum absolute atomic E-state index is 0.0708. The first-order valence-corrected chi connectivity index (χ1v) is 6.57. The molecule has 0 bridgehead atoms. The zero-order valence-corrected chi connectivity index (χ0v) is 12.1. The van der Waals surface area contributed by atoms with E-state index in [1.807, 2.05) is 19.9 Å². The molecule has 0 saturated heterocycles. The Hall–Kier alpha value is -1.06. The molecule has 1 rings (SSSR count). The fourth-order valence-electron chi connectivity index (χ4n) is 2.28. The Bertz CT molecular complexity index is 390. The number of rotatable bonds is 6. The lowest BCUT2D eigenvalue weighted by molar-refractivity contribution is 0.0412. The Morgan fingerprint density at radius 2 is 1.83 bits per heavy atom. The van der Waals surface area contributed by atoms with Crippen molar-refractivity contribution in [3.8, 4) is 5.75 Å². The van der Waals surface area contributed by atoms with Crippen molar-refractivity contribution in [2.75, 3.05) is 13.7 Å². The van der Waals surface area contributed by atoms with Crippen LogP contribution in [0.2, 0.25) is 0 Å². The number of ether oxygens (including phenoxy) is 2. The first-order chi connectivity index (χ1) is 8.54. The third-order valence-corrected chi connectivity index (χ3v) is 3.33. The van der Waals surface area contributed by atoms with Crippen LogP contribution in [0, 0.1) is 13.8 Å². The smallest absolute Gasteiger partial charge is 0.122 e. The second kappa shape index (κ2) is 6.76. The van der Waals surface area contributed by atoms with Gasteiger partial charge in [-0.15, -0.1) is 0 Å². The van der Waals surface area contributed by atoms with Gasteiger partial charge in [-0.1, -0.05) is 13.0 Å². The minimum atomic E-state index is -0.0837. The Morgan fingerprint density at radius 3 is 2.33 bits per heavy atom. The van der Waals surface area contributed by atoms with Crippen molar-refractivity contribution < 1.29 is 9.47 Å². The van der Waals surface area contributed by atoms with Crippen molar-refractivity contribution in [1.82, 2.24) is 0 Å². The highest BCUT2D eigenvalue weighted by molar-refractivity contribution is 5.43. The quantitative estimate of drug-likeness (QED) is 0.844. The molecule has 0 aliphatic heterocycles. The number of benzene rings is 1. The van der Waals surface area contributed by atoms with Gasteiger partial charge < -0.3 is 15.2 Å². The SMILES string of the molecule is CCOC(CC)C(N)c1cc(C)c(OC)cc1C. The molecular weight excluding hydrogens is 226 g/mol. The Labute approximate surface area is 110 Å². The molecule has 0 amide bonds. The third kappa shape index (κ3) is 3.24. The van der Waals surface area contributed by atoms with Gasteiger partial charge in [0.25, 0.3) is 0 Å². The van der Waals surface area contributed by atoms with Gasteiger partial charge >= 0.3 is 0 Å². The normalized spacial score (nSPS) is 14.3. The van der Waals surface area contributed by atoms with Gasteiger partial charge in [0.15, 0.2) is 0 Å². The summed E-state index contributed by atoms with van der Waals surface area (Å²) in [5.74, 6) is 0.910. The van der Waals surface area contributed by atoms with Crippen LogP contribution in [-0.4, -0.2) is 19.8 Å². The van der Waals surface area contributed by atoms with E-state index in [9.17, 15) is 0 Å². The highest BCUT2D eigenvalue weighted by Crippen LogP contribution is 2.28. The number of methoxy groups -OCH3 is 1. The van der Waals surface area contributed by atoms with Crippen LogP contribution in [0.4, 0.5) is 0 Å².